The van der Waals surface area contributed by atoms with E-state index in [4.69, 9.17) is 0 Å². The fourth-order valence-electron chi connectivity index (χ4n) is 1.70. The van der Waals surface area contributed by atoms with Crippen LogP contribution in [0, 0.1) is 0 Å². The molecule has 0 aliphatic rings. The van der Waals surface area contributed by atoms with Crippen LogP contribution in [0.1, 0.15) is 18.9 Å². The van der Waals surface area contributed by atoms with Crippen LogP contribution in [0.25, 0.3) is 0 Å². The van der Waals surface area contributed by atoms with E-state index in [-0.39, 0.29) is 0 Å². The molecule has 1 heterocycles. The van der Waals surface area contributed by atoms with E-state index in [9.17, 15) is 13.2 Å². The highest BCUT2D eigenvalue weighted by Crippen LogP contribution is 2.25. The number of pyridine rings is 1. The lowest BCUT2D eigenvalue weighted by Gasteiger charge is -2.18. The van der Waals surface area contributed by atoms with E-state index in [2.05, 4.69) is 21.9 Å². The highest BCUT2D eigenvalue weighted by Gasteiger charge is 2.30. The summed E-state index contributed by atoms with van der Waals surface area (Å²) in [7, 11) is 1.57. The molecule has 0 aliphatic carbocycles. The number of nitrogens with zero attached hydrogens (tertiary/aromatic N) is 2. The van der Waals surface area contributed by atoms with Gasteiger partial charge in [-0.15, -0.1) is 6.58 Å². The molecule has 0 saturated heterocycles. The number of halogens is 3. The summed E-state index contributed by atoms with van der Waals surface area (Å²) < 4.78 is 37.9. The Balaban J connectivity index is 2.95. The van der Waals surface area contributed by atoms with Crippen molar-refractivity contribution < 1.29 is 13.2 Å². The molecular weight excluding hydrogens is 279 g/mol. The predicted octanol–water partition coefficient (Wildman–Crippen LogP) is 3.50. The topological polar surface area (TPSA) is 37.3 Å². The molecule has 114 valence electrons. The first kappa shape index (κ1) is 16.9. The number of rotatable bonds is 5. The summed E-state index contributed by atoms with van der Waals surface area (Å²) in [5.41, 5.74) is 0.0654. The standard InChI is InChI=1S/C15H18F3N3/c1-4-6-13(9-11(2)15(16,17)18)21-14(19-3)12-7-5-8-20-10-12/h4-5,7-10,13H,1,6H2,2-3H3,(H,19,21)/b11-9+. The van der Waals surface area contributed by atoms with E-state index < -0.39 is 17.8 Å². The van der Waals surface area contributed by atoms with E-state index in [1.807, 2.05) is 0 Å². The number of aliphatic imine (C=N–C) groups is 1. The Kier molecular flexibility index (Phi) is 6.14. The van der Waals surface area contributed by atoms with Gasteiger partial charge in [0.2, 0.25) is 0 Å². The third-order valence-corrected chi connectivity index (χ3v) is 2.80. The minimum Gasteiger partial charge on any atom is -0.363 e. The van der Waals surface area contributed by atoms with E-state index in [1.165, 1.54) is 0 Å². The molecule has 1 aromatic heterocycles. The molecular formula is C15H18F3N3. The number of aromatic nitrogens is 1. The molecule has 6 heteroatoms. The Hall–Kier alpha value is -2.11. The lowest BCUT2D eigenvalue weighted by atomic mass is 10.1. The fourth-order valence-corrected chi connectivity index (χ4v) is 1.70. The maximum atomic E-state index is 12.6. The van der Waals surface area contributed by atoms with Crippen molar-refractivity contribution in [2.75, 3.05) is 7.05 Å². The number of amidine groups is 1. The first-order valence-corrected chi connectivity index (χ1v) is 6.38. The van der Waals surface area contributed by atoms with Crippen molar-refractivity contribution in [1.82, 2.24) is 10.3 Å². The van der Waals surface area contributed by atoms with Crippen molar-refractivity contribution in [3.8, 4) is 0 Å². The summed E-state index contributed by atoms with van der Waals surface area (Å²) in [6, 6.07) is 2.98. The summed E-state index contributed by atoms with van der Waals surface area (Å²) in [6.07, 6.45) is 1.94. The zero-order valence-electron chi connectivity index (χ0n) is 12.0. The smallest absolute Gasteiger partial charge is 0.363 e. The Morgan fingerprint density at radius 1 is 1.52 bits per heavy atom. The van der Waals surface area contributed by atoms with E-state index in [0.717, 1.165) is 13.0 Å². The van der Waals surface area contributed by atoms with E-state index >= 15 is 0 Å². The Morgan fingerprint density at radius 3 is 2.71 bits per heavy atom. The summed E-state index contributed by atoms with van der Waals surface area (Å²) >= 11 is 0. The first-order chi connectivity index (χ1) is 9.88. The molecule has 0 bridgehead atoms. The lowest BCUT2D eigenvalue weighted by Crippen LogP contribution is -2.34. The molecule has 3 nitrogen and oxygen atoms in total. The van der Waals surface area contributed by atoms with Gasteiger partial charge in [-0.25, -0.2) is 0 Å². The van der Waals surface area contributed by atoms with Crippen LogP contribution in [0.2, 0.25) is 0 Å². The molecule has 0 fully saturated rings. The van der Waals surface area contributed by atoms with Crippen LogP contribution in [0.5, 0.6) is 0 Å². The van der Waals surface area contributed by atoms with Crippen LogP contribution in [0.15, 0.2) is 53.8 Å². The van der Waals surface area contributed by atoms with Crippen molar-refractivity contribution in [2.24, 2.45) is 4.99 Å². The van der Waals surface area contributed by atoms with Gasteiger partial charge in [-0.05, 0) is 25.5 Å². The first-order valence-electron chi connectivity index (χ1n) is 6.38. The lowest BCUT2D eigenvalue weighted by molar-refractivity contribution is -0.0916. The third kappa shape index (κ3) is 5.41. The highest BCUT2D eigenvalue weighted by molar-refractivity contribution is 5.98. The van der Waals surface area contributed by atoms with E-state index in [1.54, 1.807) is 37.7 Å². The molecule has 0 radical (unpaired) electrons. The van der Waals surface area contributed by atoms with Crippen LogP contribution >= 0.6 is 0 Å². The fraction of sp³-hybridized carbons (Fsp3) is 0.333. The molecule has 1 N–H and O–H groups in total. The number of alkyl halides is 3. The maximum absolute atomic E-state index is 12.6. The highest BCUT2D eigenvalue weighted by atomic mass is 19.4. The number of allylic oxidation sites excluding steroid dienone is 1. The Bertz CT molecular complexity index is 519. The second kappa shape index (κ2) is 7.61. The Labute approximate surface area is 122 Å². The normalized spacial score (nSPS) is 14.7. The van der Waals surface area contributed by atoms with Crippen LogP contribution in [0.3, 0.4) is 0 Å². The van der Waals surface area contributed by atoms with Gasteiger partial charge in [-0.3, -0.25) is 9.98 Å². The van der Waals surface area contributed by atoms with Gasteiger partial charge >= 0.3 is 6.18 Å². The molecule has 0 amide bonds. The molecule has 0 spiro atoms. The SMILES string of the molecule is C=CCC(/C=C(\C)C(F)(F)F)NC(=NC)c1cccnc1. The average Bonchev–Trinajstić information content (AvgIpc) is 2.44. The number of hydrogen-bond donors (Lipinski definition) is 1. The molecule has 0 aromatic carbocycles. The van der Waals surface area contributed by atoms with Gasteiger partial charge in [-0.2, -0.15) is 13.2 Å². The van der Waals surface area contributed by atoms with Gasteiger partial charge in [0.1, 0.15) is 5.84 Å². The summed E-state index contributed by atoms with van der Waals surface area (Å²) in [6.45, 7) is 4.62. The summed E-state index contributed by atoms with van der Waals surface area (Å²) in [5.74, 6) is 0.487. The zero-order valence-corrected chi connectivity index (χ0v) is 12.0. The third-order valence-electron chi connectivity index (χ3n) is 2.80. The second-order valence-corrected chi connectivity index (χ2v) is 4.44. The Morgan fingerprint density at radius 2 is 2.24 bits per heavy atom. The number of nitrogens with one attached hydrogen (secondary N) is 1. The minimum atomic E-state index is -4.33. The molecule has 1 aromatic rings. The quantitative estimate of drug-likeness (QED) is 0.513. The summed E-state index contributed by atoms with van der Waals surface area (Å²) in [4.78, 5) is 8.04. The van der Waals surface area contributed by atoms with Crippen molar-refractivity contribution in [3.05, 3.63) is 54.4 Å². The van der Waals surface area contributed by atoms with Crippen LogP contribution in [0.4, 0.5) is 13.2 Å². The van der Waals surface area contributed by atoms with Crippen LogP contribution in [-0.2, 0) is 0 Å². The maximum Gasteiger partial charge on any atom is 0.412 e. The molecule has 1 rings (SSSR count). The van der Waals surface area contributed by atoms with Crippen molar-refractivity contribution in [2.45, 2.75) is 25.6 Å². The zero-order chi connectivity index (χ0) is 15.9. The van der Waals surface area contributed by atoms with Gasteiger partial charge in [0.25, 0.3) is 0 Å². The van der Waals surface area contributed by atoms with Crippen LogP contribution < -0.4 is 5.32 Å². The average molecular weight is 297 g/mol. The van der Waals surface area contributed by atoms with Crippen molar-refractivity contribution >= 4 is 5.84 Å². The molecule has 1 unspecified atom stereocenters. The van der Waals surface area contributed by atoms with Gasteiger partial charge in [0.05, 0.1) is 0 Å². The van der Waals surface area contributed by atoms with Crippen LogP contribution in [-0.4, -0.2) is 30.1 Å². The van der Waals surface area contributed by atoms with Gasteiger partial charge in [0.15, 0.2) is 0 Å². The van der Waals surface area contributed by atoms with Gasteiger partial charge in [-0.1, -0.05) is 12.2 Å². The number of hydrogen-bond acceptors (Lipinski definition) is 2. The van der Waals surface area contributed by atoms with E-state index in [0.29, 0.717) is 17.8 Å². The minimum absolute atomic E-state index is 0.354. The second-order valence-electron chi connectivity index (χ2n) is 4.44. The monoisotopic (exact) mass is 297 g/mol. The molecule has 1 atom stereocenters. The van der Waals surface area contributed by atoms with Crippen molar-refractivity contribution in [3.63, 3.8) is 0 Å². The largest absolute Gasteiger partial charge is 0.412 e. The predicted molar refractivity (Wildman–Crippen MR) is 78.2 cm³/mol. The van der Waals surface area contributed by atoms with Gasteiger partial charge in [0, 0.05) is 36.6 Å². The molecule has 0 aliphatic heterocycles. The summed E-state index contributed by atoms with van der Waals surface area (Å²) in [5, 5.41) is 2.99. The molecule has 0 saturated carbocycles. The van der Waals surface area contributed by atoms with Gasteiger partial charge < -0.3 is 5.32 Å². The molecule has 21 heavy (non-hydrogen) atoms. The van der Waals surface area contributed by atoms with Crippen molar-refractivity contribution in [1.29, 1.82) is 0 Å².